The molecule has 0 spiro atoms. The van der Waals surface area contributed by atoms with E-state index in [1.54, 1.807) is 0 Å². The van der Waals surface area contributed by atoms with Crippen molar-refractivity contribution >= 4 is 29.0 Å². The van der Waals surface area contributed by atoms with Crippen molar-refractivity contribution < 1.29 is 17.4 Å². The van der Waals surface area contributed by atoms with Crippen LogP contribution in [0.4, 0.5) is 4.39 Å². The first-order valence-corrected chi connectivity index (χ1v) is 2.68. The van der Waals surface area contributed by atoms with E-state index in [2.05, 4.69) is 0 Å². The van der Waals surface area contributed by atoms with E-state index in [0.29, 0.717) is 0 Å². The van der Waals surface area contributed by atoms with Gasteiger partial charge in [0.15, 0.2) is 0 Å². The Morgan fingerprint density at radius 3 is 1.71 bits per heavy atom. The average molecular weight is 121 g/mol. The van der Waals surface area contributed by atoms with Crippen molar-refractivity contribution in [1.29, 1.82) is 0 Å². The number of rotatable bonds is 1. The molecule has 39 valence electrons. The van der Waals surface area contributed by atoms with E-state index in [1.807, 2.05) is 0 Å². The van der Waals surface area contributed by atoms with Crippen LogP contribution in [0.2, 0.25) is 0 Å². The van der Waals surface area contributed by atoms with Crippen LogP contribution in [-0.2, 0) is 10.1 Å². The van der Waals surface area contributed by atoms with E-state index in [1.165, 1.54) is 0 Å². The minimum Gasteiger partial charge on any atom is -0.284 e. The Morgan fingerprint density at radius 1 is 1.57 bits per heavy atom. The molecule has 0 bridgehead atoms. The molecule has 7 heavy (non-hydrogen) atoms. The molecule has 1 N–H and O–H groups in total. The minimum atomic E-state index is -4.33. The van der Waals surface area contributed by atoms with Gasteiger partial charge < -0.3 is 0 Å². The summed E-state index contributed by atoms with van der Waals surface area (Å²) in [7, 11) is -4.33. The summed E-state index contributed by atoms with van der Waals surface area (Å²) in [6.07, 6.45) is 0. The Morgan fingerprint density at radius 2 is 1.71 bits per heavy atom. The second-order valence-corrected chi connectivity index (χ2v) is 2.07. The maximum Gasteiger partial charge on any atom is 0.294 e. The van der Waals surface area contributed by atoms with Gasteiger partial charge in [0.1, 0.15) is 0 Å². The van der Waals surface area contributed by atoms with Gasteiger partial charge in [0, 0.05) is 18.9 Å². The van der Waals surface area contributed by atoms with E-state index >= 15 is 0 Å². The third kappa shape index (κ3) is 10.7. The summed E-state index contributed by atoms with van der Waals surface area (Å²) in [5.41, 5.74) is 0. The molecule has 0 saturated carbocycles. The summed E-state index contributed by atoms with van der Waals surface area (Å²) in [5.74, 6) is 0. The average Bonchev–Trinajstić information content (AvgIpc) is 1.35. The zero-order chi connectivity index (χ0) is 5.21. The third-order valence-corrected chi connectivity index (χ3v) is 0.414. The van der Waals surface area contributed by atoms with Crippen LogP contribution in [0.5, 0.6) is 0 Å². The first-order valence-electron chi connectivity index (χ1n) is 1.07. The summed E-state index contributed by atoms with van der Waals surface area (Å²) in [6, 6.07) is -1.70. The topological polar surface area (TPSA) is 54.4 Å². The number of halogens is 1. The second kappa shape index (κ2) is 3.44. The van der Waals surface area contributed by atoms with Crippen LogP contribution in [0.1, 0.15) is 0 Å². The van der Waals surface area contributed by atoms with Gasteiger partial charge in [0.25, 0.3) is 10.1 Å². The molecule has 0 heterocycles. The van der Waals surface area contributed by atoms with E-state index < -0.39 is 16.1 Å². The van der Waals surface area contributed by atoms with Crippen LogP contribution in [0.15, 0.2) is 0 Å². The number of alkyl halides is 1. The summed E-state index contributed by atoms with van der Waals surface area (Å²) in [5, 5.41) is 0. The molecule has 0 rings (SSSR count). The van der Waals surface area contributed by atoms with E-state index in [0.717, 1.165) is 0 Å². The maximum absolute atomic E-state index is 10.7. The second-order valence-electron chi connectivity index (χ2n) is 0.691. The zero-order valence-corrected chi connectivity index (χ0v) is 4.57. The molecule has 0 aromatic heterocycles. The zero-order valence-electron chi connectivity index (χ0n) is 3.76. The molecule has 0 aliphatic carbocycles. The quantitative estimate of drug-likeness (QED) is 0.373. The van der Waals surface area contributed by atoms with Gasteiger partial charge in [0.05, 0.1) is 0 Å². The molecule has 0 aliphatic rings. The van der Waals surface area contributed by atoms with Crippen molar-refractivity contribution in [2.24, 2.45) is 0 Å². The van der Waals surface area contributed by atoms with Crippen molar-refractivity contribution in [1.82, 2.24) is 0 Å². The van der Waals surface area contributed by atoms with E-state index in [9.17, 15) is 12.8 Å². The molecule has 3 nitrogen and oxygen atoms in total. The molecule has 0 fully saturated rings. The summed E-state index contributed by atoms with van der Waals surface area (Å²) >= 11 is 0. The molecule has 6 heteroatoms. The van der Waals surface area contributed by atoms with Crippen LogP contribution in [0.25, 0.3) is 0 Å². The molecular weight excluding hydrogens is 118 g/mol. The van der Waals surface area contributed by atoms with Gasteiger partial charge >= 0.3 is 0 Å². The molecule has 0 atom stereocenters. The third-order valence-electron chi connectivity index (χ3n) is 0.138. The van der Waals surface area contributed by atoms with Gasteiger partial charge in [-0.2, -0.15) is 8.42 Å². The molecular formula is CH3FLiO3S. The fourth-order valence-corrected chi connectivity index (χ4v) is 0. The Kier molecular flexibility index (Phi) is 5.12. The number of hydrogen-bond donors (Lipinski definition) is 1. The Labute approximate surface area is 52.8 Å². The predicted molar refractivity (Wildman–Crippen MR) is 23.3 cm³/mol. The maximum atomic E-state index is 10.7. The normalized spacial score (nSPS) is 10.0. The summed E-state index contributed by atoms with van der Waals surface area (Å²) < 4.78 is 36.4. The molecule has 0 unspecified atom stereocenters. The minimum absolute atomic E-state index is 0. The Hall–Kier alpha value is 0.437. The smallest absolute Gasteiger partial charge is 0.284 e. The van der Waals surface area contributed by atoms with Crippen molar-refractivity contribution in [3.63, 3.8) is 0 Å². The van der Waals surface area contributed by atoms with Gasteiger partial charge in [-0.25, -0.2) is 4.39 Å². The fourth-order valence-electron chi connectivity index (χ4n) is 0. The van der Waals surface area contributed by atoms with Gasteiger partial charge in [-0.05, 0) is 0 Å². The SMILES string of the molecule is O=S(=O)(O)CF.[Li]. The van der Waals surface area contributed by atoms with Crippen molar-refractivity contribution in [2.75, 3.05) is 6.01 Å². The van der Waals surface area contributed by atoms with Crippen molar-refractivity contribution in [2.45, 2.75) is 0 Å². The van der Waals surface area contributed by atoms with Crippen molar-refractivity contribution in [3.05, 3.63) is 0 Å². The molecule has 0 amide bonds. The van der Waals surface area contributed by atoms with Crippen LogP contribution >= 0.6 is 0 Å². The monoisotopic (exact) mass is 121 g/mol. The van der Waals surface area contributed by atoms with E-state index in [-0.39, 0.29) is 18.9 Å². The Balaban J connectivity index is 0. The van der Waals surface area contributed by atoms with Gasteiger partial charge in [-0.1, -0.05) is 0 Å². The van der Waals surface area contributed by atoms with E-state index in [4.69, 9.17) is 4.55 Å². The number of hydrogen-bond acceptors (Lipinski definition) is 2. The molecule has 0 aromatic carbocycles. The van der Waals surface area contributed by atoms with Gasteiger partial charge in [-0.3, -0.25) is 4.55 Å². The first kappa shape index (κ1) is 10.4. The predicted octanol–water partition coefficient (Wildman–Crippen LogP) is -0.580. The van der Waals surface area contributed by atoms with Crippen molar-refractivity contribution in [3.8, 4) is 0 Å². The molecule has 0 aromatic rings. The molecule has 0 saturated heterocycles. The van der Waals surface area contributed by atoms with Crippen LogP contribution in [0.3, 0.4) is 0 Å². The fraction of sp³-hybridized carbons (Fsp3) is 1.00. The standard InChI is InChI=1S/CH3FO3S.Li/c2-1-6(3,4)5;/h1H2,(H,3,4,5);. The Bertz CT molecular complexity index is 117. The van der Waals surface area contributed by atoms with Crippen LogP contribution in [-0.4, -0.2) is 37.8 Å². The summed E-state index contributed by atoms with van der Waals surface area (Å²) in [4.78, 5) is 0. The van der Waals surface area contributed by atoms with Crippen LogP contribution in [0, 0.1) is 0 Å². The van der Waals surface area contributed by atoms with Crippen LogP contribution < -0.4 is 0 Å². The molecule has 1 radical (unpaired) electrons. The summed E-state index contributed by atoms with van der Waals surface area (Å²) in [6.45, 7) is 0. The first-order chi connectivity index (χ1) is 2.56. The van der Waals surface area contributed by atoms with Gasteiger partial charge in [0.2, 0.25) is 6.01 Å². The molecule has 0 aliphatic heterocycles. The van der Waals surface area contributed by atoms with Gasteiger partial charge in [-0.15, -0.1) is 0 Å². The largest absolute Gasteiger partial charge is 0.294 e.